The predicted molar refractivity (Wildman–Crippen MR) is 97.2 cm³/mol. The SMILES string of the molecule is CCN1CCC(N(C(=O)c2cc3ccccc3n2C)C2CC2)CC1. The molecule has 4 nitrogen and oxygen atoms in total. The monoisotopic (exact) mass is 325 g/mol. The zero-order chi connectivity index (χ0) is 16.7. The quantitative estimate of drug-likeness (QED) is 0.863. The molecule has 1 saturated heterocycles. The lowest BCUT2D eigenvalue weighted by molar-refractivity contribution is 0.0545. The van der Waals surface area contributed by atoms with Gasteiger partial charge in [-0.2, -0.15) is 0 Å². The summed E-state index contributed by atoms with van der Waals surface area (Å²) < 4.78 is 2.06. The number of aryl methyl sites for hydroxylation is 1. The van der Waals surface area contributed by atoms with Crippen molar-refractivity contribution in [3.63, 3.8) is 0 Å². The van der Waals surface area contributed by atoms with Crippen LogP contribution in [0.1, 0.15) is 43.1 Å². The summed E-state index contributed by atoms with van der Waals surface area (Å²) in [5.41, 5.74) is 1.97. The number of hydrogen-bond acceptors (Lipinski definition) is 2. The number of benzene rings is 1. The van der Waals surface area contributed by atoms with Crippen LogP contribution in [0.5, 0.6) is 0 Å². The Hall–Kier alpha value is -1.81. The molecule has 0 spiro atoms. The van der Waals surface area contributed by atoms with E-state index in [2.05, 4.69) is 39.5 Å². The smallest absolute Gasteiger partial charge is 0.271 e. The van der Waals surface area contributed by atoms with E-state index in [4.69, 9.17) is 0 Å². The average Bonchev–Trinajstić information content (AvgIpc) is 3.39. The Balaban J connectivity index is 1.61. The van der Waals surface area contributed by atoms with Gasteiger partial charge in [-0.1, -0.05) is 25.1 Å². The van der Waals surface area contributed by atoms with Crippen molar-refractivity contribution in [3.8, 4) is 0 Å². The number of piperidine rings is 1. The third-order valence-corrected chi connectivity index (χ3v) is 5.74. The number of carbonyl (C=O) groups excluding carboxylic acids is 1. The number of fused-ring (bicyclic) bond motifs is 1. The van der Waals surface area contributed by atoms with Crippen LogP contribution in [0.15, 0.2) is 30.3 Å². The summed E-state index contributed by atoms with van der Waals surface area (Å²) in [5.74, 6) is 0.228. The summed E-state index contributed by atoms with van der Waals surface area (Å²) >= 11 is 0. The van der Waals surface area contributed by atoms with Crippen LogP contribution in [-0.2, 0) is 7.05 Å². The maximum atomic E-state index is 13.4. The second-order valence-corrected chi connectivity index (χ2v) is 7.26. The molecule has 128 valence electrons. The molecule has 1 aliphatic carbocycles. The molecule has 0 radical (unpaired) electrons. The molecule has 24 heavy (non-hydrogen) atoms. The van der Waals surface area contributed by atoms with Crippen molar-refractivity contribution < 1.29 is 4.79 Å². The van der Waals surface area contributed by atoms with Crippen LogP contribution in [0.4, 0.5) is 0 Å². The minimum absolute atomic E-state index is 0.228. The average molecular weight is 325 g/mol. The van der Waals surface area contributed by atoms with E-state index in [9.17, 15) is 4.79 Å². The summed E-state index contributed by atoms with van der Waals surface area (Å²) in [5, 5.41) is 1.15. The highest BCUT2D eigenvalue weighted by molar-refractivity contribution is 5.99. The summed E-state index contributed by atoms with van der Waals surface area (Å²) in [6.07, 6.45) is 4.56. The molecular formula is C20H27N3O. The zero-order valence-electron chi connectivity index (χ0n) is 14.7. The largest absolute Gasteiger partial charge is 0.340 e. The van der Waals surface area contributed by atoms with Gasteiger partial charge in [0.25, 0.3) is 5.91 Å². The van der Waals surface area contributed by atoms with Gasteiger partial charge in [0, 0.05) is 43.1 Å². The first-order chi connectivity index (χ1) is 11.7. The number of carbonyl (C=O) groups is 1. The summed E-state index contributed by atoms with van der Waals surface area (Å²) in [7, 11) is 2.01. The third-order valence-electron chi connectivity index (χ3n) is 5.74. The fraction of sp³-hybridized carbons (Fsp3) is 0.550. The molecular weight excluding hydrogens is 298 g/mol. The minimum atomic E-state index is 0.228. The molecule has 0 bridgehead atoms. The highest BCUT2D eigenvalue weighted by Gasteiger charge is 2.39. The second kappa shape index (κ2) is 6.25. The summed E-state index contributed by atoms with van der Waals surface area (Å²) in [6, 6.07) is 11.2. The van der Waals surface area contributed by atoms with Crippen molar-refractivity contribution in [1.29, 1.82) is 0 Å². The van der Waals surface area contributed by atoms with Crippen molar-refractivity contribution in [2.45, 2.75) is 44.7 Å². The van der Waals surface area contributed by atoms with Crippen molar-refractivity contribution in [2.24, 2.45) is 7.05 Å². The molecule has 2 aliphatic rings. The number of para-hydroxylation sites is 1. The van der Waals surface area contributed by atoms with Crippen LogP contribution in [0.2, 0.25) is 0 Å². The van der Waals surface area contributed by atoms with Crippen LogP contribution >= 0.6 is 0 Å². The normalized spacial score (nSPS) is 19.8. The molecule has 0 N–H and O–H groups in total. The van der Waals surface area contributed by atoms with Gasteiger partial charge in [-0.3, -0.25) is 4.79 Å². The molecule has 1 aromatic heterocycles. The zero-order valence-corrected chi connectivity index (χ0v) is 14.7. The molecule has 1 aliphatic heterocycles. The number of aromatic nitrogens is 1. The van der Waals surface area contributed by atoms with Gasteiger partial charge in [-0.15, -0.1) is 0 Å². The number of nitrogens with zero attached hydrogens (tertiary/aromatic N) is 3. The van der Waals surface area contributed by atoms with Gasteiger partial charge >= 0.3 is 0 Å². The maximum Gasteiger partial charge on any atom is 0.271 e. The highest BCUT2D eigenvalue weighted by Crippen LogP contribution is 2.34. The summed E-state index contributed by atoms with van der Waals surface area (Å²) in [6.45, 7) is 5.58. The molecule has 4 rings (SSSR count). The second-order valence-electron chi connectivity index (χ2n) is 7.26. The van der Waals surface area contributed by atoms with E-state index in [1.54, 1.807) is 0 Å². The lowest BCUT2D eigenvalue weighted by Gasteiger charge is -2.38. The molecule has 2 heterocycles. The lowest BCUT2D eigenvalue weighted by Crippen LogP contribution is -2.48. The minimum Gasteiger partial charge on any atom is -0.340 e. The van der Waals surface area contributed by atoms with Gasteiger partial charge < -0.3 is 14.4 Å². The number of hydrogen-bond donors (Lipinski definition) is 0. The molecule has 1 saturated carbocycles. The van der Waals surface area contributed by atoms with E-state index >= 15 is 0 Å². The predicted octanol–water partition coefficient (Wildman–Crippen LogP) is 3.27. The number of amides is 1. The van der Waals surface area contributed by atoms with E-state index in [-0.39, 0.29) is 5.91 Å². The van der Waals surface area contributed by atoms with Crippen LogP contribution in [0.25, 0.3) is 10.9 Å². The molecule has 2 aromatic rings. The maximum absolute atomic E-state index is 13.4. The van der Waals surface area contributed by atoms with E-state index in [0.717, 1.165) is 49.1 Å². The standard InChI is InChI=1S/C20H27N3O/c1-3-22-12-10-17(11-13-22)23(16-8-9-16)20(24)19-14-15-6-4-5-7-18(15)21(19)2/h4-7,14,16-17H,3,8-13H2,1-2H3. The van der Waals surface area contributed by atoms with Gasteiger partial charge in [0.15, 0.2) is 0 Å². The summed E-state index contributed by atoms with van der Waals surface area (Å²) in [4.78, 5) is 18.1. The Morgan fingerprint density at radius 2 is 1.79 bits per heavy atom. The van der Waals surface area contributed by atoms with Gasteiger partial charge in [0.05, 0.1) is 0 Å². The fourth-order valence-electron chi connectivity index (χ4n) is 4.12. The Labute approximate surface area is 144 Å². The Kier molecular flexibility index (Phi) is 4.09. The molecule has 0 atom stereocenters. The molecule has 1 amide bonds. The molecule has 0 unspecified atom stereocenters. The topological polar surface area (TPSA) is 28.5 Å². The lowest BCUT2D eigenvalue weighted by atomic mass is 10.0. The van der Waals surface area contributed by atoms with Gasteiger partial charge in [-0.05, 0) is 44.4 Å². The van der Waals surface area contributed by atoms with Crippen molar-refractivity contribution >= 4 is 16.8 Å². The van der Waals surface area contributed by atoms with Crippen LogP contribution in [0, 0.1) is 0 Å². The van der Waals surface area contributed by atoms with Gasteiger partial charge in [0.2, 0.25) is 0 Å². The van der Waals surface area contributed by atoms with Crippen LogP contribution < -0.4 is 0 Å². The van der Waals surface area contributed by atoms with Crippen molar-refractivity contribution in [1.82, 2.24) is 14.4 Å². The third kappa shape index (κ3) is 2.73. The van der Waals surface area contributed by atoms with Crippen LogP contribution in [0.3, 0.4) is 0 Å². The van der Waals surface area contributed by atoms with E-state index in [0.29, 0.717) is 12.1 Å². The van der Waals surface area contributed by atoms with E-state index < -0.39 is 0 Å². The van der Waals surface area contributed by atoms with E-state index in [1.807, 2.05) is 19.2 Å². The van der Waals surface area contributed by atoms with Gasteiger partial charge in [0.1, 0.15) is 5.69 Å². The van der Waals surface area contributed by atoms with Gasteiger partial charge in [-0.25, -0.2) is 0 Å². The Bertz CT molecular complexity index is 738. The fourth-order valence-corrected chi connectivity index (χ4v) is 4.12. The van der Waals surface area contributed by atoms with Crippen molar-refractivity contribution in [3.05, 3.63) is 36.0 Å². The first kappa shape index (κ1) is 15.7. The first-order valence-electron chi connectivity index (χ1n) is 9.28. The number of likely N-dealkylation sites (tertiary alicyclic amines) is 1. The molecule has 1 aromatic carbocycles. The molecule has 2 fully saturated rings. The Morgan fingerprint density at radius 3 is 2.42 bits per heavy atom. The van der Waals surface area contributed by atoms with E-state index in [1.165, 1.54) is 12.8 Å². The number of rotatable bonds is 4. The highest BCUT2D eigenvalue weighted by atomic mass is 16.2. The first-order valence-corrected chi connectivity index (χ1v) is 9.28. The Morgan fingerprint density at radius 1 is 1.12 bits per heavy atom. The molecule has 4 heteroatoms. The van der Waals surface area contributed by atoms with Crippen molar-refractivity contribution in [2.75, 3.05) is 19.6 Å². The van der Waals surface area contributed by atoms with Crippen LogP contribution in [-0.4, -0.2) is 52.0 Å².